The Labute approximate surface area is 105 Å². The zero-order valence-electron chi connectivity index (χ0n) is 9.09. The smallest absolute Gasteiger partial charge is 0.324 e. The van der Waals surface area contributed by atoms with Gasteiger partial charge in [-0.25, -0.2) is 4.68 Å². The van der Waals surface area contributed by atoms with E-state index in [4.69, 9.17) is 15.2 Å². The van der Waals surface area contributed by atoms with E-state index in [2.05, 4.69) is 36.0 Å². The Kier molecular flexibility index (Phi) is 3.09. The van der Waals surface area contributed by atoms with Crippen LogP contribution in [-0.2, 0) is 0 Å². The van der Waals surface area contributed by atoms with E-state index in [1.54, 1.807) is 6.20 Å². The molecule has 0 amide bonds. The predicted octanol–water partition coefficient (Wildman–Crippen LogP) is 0.419. The molecule has 0 saturated carbocycles. The summed E-state index contributed by atoms with van der Waals surface area (Å²) in [7, 11) is 2.90. The second-order valence-corrected chi connectivity index (χ2v) is 3.77. The molecule has 0 aliphatic rings. The van der Waals surface area contributed by atoms with Crippen LogP contribution in [0.4, 0.5) is 5.82 Å². The Bertz CT molecular complexity index is 501. The summed E-state index contributed by atoms with van der Waals surface area (Å²) < 4.78 is 11.9. The van der Waals surface area contributed by atoms with Crippen LogP contribution < -0.4 is 15.2 Å². The van der Waals surface area contributed by atoms with Crippen molar-refractivity contribution in [2.45, 2.75) is 0 Å². The number of nitrogens with two attached hydrogens (primary N) is 1. The molecular formula is C8H9BrN6O2. The lowest BCUT2D eigenvalue weighted by Crippen LogP contribution is -2.07. The monoisotopic (exact) mass is 300 g/mol. The first-order valence-corrected chi connectivity index (χ1v) is 5.28. The Morgan fingerprint density at radius 3 is 2.18 bits per heavy atom. The fourth-order valence-electron chi connectivity index (χ4n) is 1.08. The van der Waals surface area contributed by atoms with Gasteiger partial charge in [0.15, 0.2) is 5.82 Å². The minimum Gasteiger partial charge on any atom is -0.467 e. The number of hydrogen-bond donors (Lipinski definition) is 1. The van der Waals surface area contributed by atoms with Crippen molar-refractivity contribution in [1.29, 1.82) is 0 Å². The summed E-state index contributed by atoms with van der Waals surface area (Å²) in [5.74, 6) is 0.592. The lowest BCUT2D eigenvalue weighted by Gasteiger charge is -2.04. The molecule has 2 aromatic rings. The lowest BCUT2D eigenvalue weighted by atomic mass is 10.7. The van der Waals surface area contributed by atoms with Gasteiger partial charge >= 0.3 is 12.0 Å². The van der Waals surface area contributed by atoms with E-state index in [9.17, 15) is 0 Å². The Morgan fingerprint density at radius 1 is 1.18 bits per heavy atom. The zero-order chi connectivity index (χ0) is 12.4. The van der Waals surface area contributed by atoms with Crippen LogP contribution in [0, 0.1) is 0 Å². The molecule has 0 atom stereocenters. The fraction of sp³-hybridized carbons (Fsp3) is 0.250. The van der Waals surface area contributed by atoms with Crippen molar-refractivity contribution in [3.63, 3.8) is 0 Å². The van der Waals surface area contributed by atoms with Crippen molar-refractivity contribution in [3.8, 4) is 18.0 Å². The van der Waals surface area contributed by atoms with Gasteiger partial charge in [-0.1, -0.05) is 0 Å². The summed E-state index contributed by atoms with van der Waals surface area (Å²) in [6.07, 6.45) is 1.63. The Balaban J connectivity index is 2.50. The first kappa shape index (κ1) is 11.6. The van der Waals surface area contributed by atoms with E-state index in [0.29, 0.717) is 10.3 Å². The second kappa shape index (κ2) is 4.53. The van der Waals surface area contributed by atoms with Gasteiger partial charge < -0.3 is 15.2 Å². The maximum absolute atomic E-state index is 5.61. The minimum absolute atomic E-state index is 0.136. The normalized spacial score (nSPS) is 10.3. The van der Waals surface area contributed by atoms with Gasteiger partial charge in [0, 0.05) is 0 Å². The highest BCUT2D eigenvalue weighted by Crippen LogP contribution is 2.19. The molecular weight excluding hydrogens is 292 g/mol. The maximum Gasteiger partial charge on any atom is 0.324 e. The van der Waals surface area contributed by atoms with Crippen molar-refractivity contribution < 1.29 is 9.47 Å². The van der Waals surface area contributed by atoms with Gasteiger partial charge in [-0.15, -0.1) is 10.1 Å². The van der Waals surface area contributed by atoms with Crippen LogP contribution in [0.25, 0.3) is 5.95 Å². The number of nitrogens with zero attached hydrogens (tertiary/aromatic N) is 5. The van der Waals surface area contributed by atoms with Crippen molar-refractivity contribution in [3.05, 3.63) is 10.7 Å². The summed E-state index contributed by atoms with van der Waals surface area (Å²) >= 11 is 3.24. The molecule has 0 aromatic carbocycles. The summed E-state index contributed by atoms with van der Waals surface area (Å²) in [5.41, 5.74) is 5.61. The molecule has 0 unspecified atom stereocenters. The topological polar surface area (TPSA) is 101 Å². The van der Waals surface area contributed by atoms with E-state index < -0.39 is 0 Å². The average Bonchev–Trinajstić information content (AvgIpc) is 2.69. The van der Waals surface area contributed by atoms with Gasteiger partial charge in [0.1, 0.15) is 0 Å². The summed E-state index contributed by atoms with van der Waals surface area (Å²) in [5, 5.41) is 4.01. The van der Waals surface area contributed by atoms with Crippen LogP contribution in [0.15, 0.2) is 10.7 Å². The summed E-state index contributed by atoms with van der Waals surface area (Å²) in [6.45, 7) is 0. The largest absolute Gasteiger partial charge is 0.467 e. The first-order chi connectivity index (χ1) is 8.13. The minimum atomic E-state index is 0.136. The fourth-order valence-corrected chi connectivity index (χ4v) is 1.35. The van der Waals surface area contributed by atoms with Crippen molar-refractivity contribution in [2.75, 3.05) is 20.0 Å². The van der Waals surface area contributed by atoms with Gasteiger partial charge in [-0.2, -0.15) is 9.97 Å². The third-order valence-corrected chi connectivity index (χ3v) is 2.46. The van der Waals surface area contributed by atoms with Crippen molar-refractivity contribution in [1.82, 2.24) is 24.7 Å². The molecule has 2 N–H and O–H groups in total. The number of aromatic nitrogens is 5. The van der Waals surface area contributed by atoms with E-state index in [-0.39, 0.29) is 18.0 Å². The first-order valence-electron chi connectivity index (χ1n) is 4.49. The molecule has 2 rings (SSSR count). The maximum atomic E-state index is 5.61. The standard InChI is InChI=1S/C8H9BrN6O2/c1-16-7-11-6(12-8(13-7)17-2)15-3-4(9)5(10)14-15/h3H,1-2H3,(H2,10,14). The van der Waals surface area contributed by atoms with Crippen molar-refractivity contribution >= 4 is 21.7 Å². The highest BCUT2D eigenvalue weighted by Gasteiger charge is 2.11. The molecule has 17 heavy (non-hydrogen) atoms. The number of methoxy groups -OCH3 is 2. The molecule has 0 aliphatic heterocycles. The van der Waals surface area contributed by atoms with Gasteiger partial charge in [0.2, 0.25) is 0 Å². The SMILES string of the molecule is COc1nc(OC)nc(-n2cc(Br)c(N)n2)n1. The second-order valence-electron chi connectivity index (χ2n) is 2.92. The molecule has 0 saturated heterocycles. The van der Waals surface area contributed by atoms with E-state index in [1.807, 2.05) is 0 Å². The van der Waals surface area contributed by atoms with E-state index in [0.717, 1.165) is 0 Å². The Hall–Kier alpha value is -1.90. The molecule has 0 aliphatic carbocycles. The van der Waals surface area contributed by atoms with Crippen LogP contribution >= 0.6 is 15.9 Å². The van der Waals surface area contributed by atoms with Crippen LogP contribution in [0.1, 0.15) is 0 Å². The molecule has 0 fully saturated rings. The lowest BCUT2D eigenvalue weighted by molar-refractivity contribution is 0.338. The number of ether oxygens (including phenoxy) is 2. The molecule has 0 spiro atoms. The molecule has 90 valence electrons. The highest BCUT2D eigenvalue weighted by molar-refractivity contribution is 9.10. The molecule has 2 aromatic heterocycles. The Morgan fingerprint density at radius 2 is 1.76 bits per heavy atom. The highest BCUT2D eigenvalue weighted by atomic mass is 79.9. The number of hydrogen-bond acceptors (Lipinski definition) is 7. The van der Waals surface area contributed by atoms with Crippen LogP contribution in [-0.4, -0.2) is 39.0 Å². The molecule has 9 heteroatoms. The third-order valence-electron chi connectivity index (χ3n) is 1.85. The quantitative estimate of drug-likeness (QED) is 0.876. The van der Waals surface area contributed by atoms with Gasteiger partial charge in [0.05, 0.1) is 24.9 Å². The zero-order valence-corrected chi connectivity index (χ0v) is 10.7. The molecule has 2 heterocycles. The number of anilines is 1. The third kappa shape index (κ3) is 2.28. The van der Waals surface area contributed by atoms with Crippen LogP contribution in [0.3, 0.4) is 0 Å². The van der Waals surface area contributed by atoms with Crippen molar-refractivity contribution in [2.24, 2.45) is 0 Å². The predicted molar refractivity (Wildman–Crippen MR) is 62.2 cm³/mol. The van der Waals surface area contributed by atoms with Gasteiger partial charge in [-0.05, 0) is 15.9 Å². The van der Waals surface area contributed by atoms with Gasteiger partial charge in [0.25, 0.3) is 5.95 Å². The number of rotatable bonds is 3. The van der Waals surface area contributed by atoms with Crippen LogP contribution in [0.5, 0.6) is 12.0 Å². The number of halogens is 1. The number of nitrogen functional groups attached to an aromatic ring is 1. The molecule has 8 nitrogen and oxygen atoms in total. The molecule has 0 bridgehead atoms. The summed E-state index contributed by atoms with van der Waals surface area (Å²) in [4.78, 5) is 11.9. The van der Waals surface area contributed by atoms with E-state index in [1.165, 1.54) is 18.9 Å². The van der Waals surface area contributed by atoms with Gasteiger partial charge in [-0.3, -0.25) is 0 Å². The summed E-state index contributed by atoms with van der Waals surface area (Å²) in [6, 6.07) is 0.272. The van der Waals surface area contributed by atoms with E-state index >= 15 is 0 Å². The molecule has 0 radical (unpaired) electrons. The van der Waals surface area contributed by atoms with Crippen LogP contribution in [0.2, 0.25) is 0 Å². The average molecular weight is 301 g/mol.